The summed E-state index contributed by atoms with van der Waals surface area (Å²) < 4.78 is 0. The molecule has 1 saturated heterocycles. The Morgan fingerprint density at radius 3 is 2.52 bits per heavy atom. The van der Waals surface area contributed by atoms with Gasteiger partial charge in [-0.1, -0.05) is 19.9 Å². The van der Waals surface area contributed by atoms with E-state index in [1.807, 2.05) is 23.6 Å². The smallest absolute Gasteiger partial charge is 0.277 e. The zero-order valence-corrected chi connectivity index (χ0v) is 15.8. The second kappa shape index (κ2) is 8.11. The van der Waals surface area contributed by atoms with Crippen LogP contribution in [0.5, 0.6) is 0 Å². The largest absolute Gasteiger partial charge is 0.352 e. The Bertz CT molecular complexity index is 827. The Balaban J connectivity index is 0.00000210. The van der Waals surface area contributed by atoms with E-state index in [-0.39, 0.29) is 26.3 Å². The van der Waals surface area contributed by atoms with E-state index in [0.717, 1.165) is 0 Å². The van der Waals surface area contributed by atoms with Crippen LogP contribution in [0.15, 0.2) is 30.6 Å². The molecule has 0 bridgehead atoms. The molecule has 0 aliphatic carbocycles. The third-order valence-corrected chi connectivity index (χ3v) is 4.47. The van der Waals surface area contributed by atoms with Gasteiger partial charge in [-0.25, -0.2) is 9.97 Å². The summed E-state index contributed by atoms with van der Waals surface area (Å²) in [4.78, 5) is 41.6. The minimum absolute atomic E-state index is 0. The van der Waals surface area contributed by atoms with Gasteiger partial charge < -0.3 is 15.1 Å². The number of carbonyl (C=O) groups is 2. The topological polar surface area (TPSA) is 91.3 Å². The Labute approximate surface area is 161 Å². The fourth-order valence-electron chi connectivity index (χ4n) is 2.94. The molecule has 2 amide bonds. The van der Waals surface area contributed by atoms with Crippen LogP contribution < -0.4 is 10.2 Å². The Kier molecular flexibility index (Phi) is 5.63. The molecule has 0 spiro atoms. The van der Waals surface area contributed by atoms with Crippen LogP contribution in [0.25, 0.3) is 0 Å². The van der Waals surface area contributed by atoms with Gasteiger partial charge in [-0.15, -0.1) is 0 Å². The molecular weight excluding hydrogens is 344 g/mol. The number of hydrogen-bond acceptors (Lipinski definition) is 6. The average molecular weight is 372 g/mol. The molecule has 3 heterocycles. The van der Waals surface area contributed by atoms with Crippen LogP contribution in [0.2, 0.25) is 0 Å². The van der Waals surface area contributed by atoms with Gasteiger partial charge in [0.1, 0.15) is 11.6 Å². The van der Waals surface area contributed by atoms with E-state index < -0.39 is 0 Å². The van der Waals surface area contributed by atoms with Crippen LogP contribution >= 0.6 is 0 Å². The summed E-state index contributed by atoms with van der Waals surface area (Å²) in [7, 11) is 0. The van der Waals surface area contributed by atoms with Crippen molar-refractivity contribution in [1.82, 2.24) is 19.9 Å². The molecule has 0 atom stereocenters. The van der Waals surface area contributed by atoms with Crippen molar-refractivity contribution in [1.29, 1.82) is 0 Å². The maximum absolute atomic E-state index is 12.6. The van der Waals surface area contributed by atoms with Gasteiger partial charge in [-0.2, -0.15) is 0 Å². The highest BCUT2D eigenvalue weighted by molar-refractivity contribution is 6.03. The summed E-state index contributed by atoms with van der Waals surface area (Å²) in [6, 6.07) is 5.30. The minimum atomic E-state index is -0.339. The molecule has 0 unspecified atom stereocenters. The lowest BCUT2D eigenvalue weighted by Crippen LogP contribution is -2.50. The fraction of sp³-hybridized carbons (Fsp3) is 0.421. The van der Waals surface area contributed by atoms with E-state index in [4.69, 9.17) is 0 Å². The normalized spacial score (nSPS) is 14.4. The second-order valence-corrected chi connectivity index (χ2v) is 6.80. The van der Waals surface area contributed by atoms with Gasteiger partial charge in [0, 0.05) is 41.1 Å². The maximum Gasteiger partial charge on any atom is 0.277 e. The van der Waals surface area contributed by atoms with E-state index in [1.165, 1.54) is 0 Å². The average Bonchev–Trinajstić information content (AvgIpc) is 2.68. The number of pyridine rings is 1. The lowest BCUT2D eigenvalue weighted by molar-refractivity contribution is -0.134. The van der Waals surface area contributed by atoms with Gasteiger partial charge >= 0.3 is 0 Å². The number of anilines is 2. The van der Waals surface area contributed by atoms with E-state index >= 15 is 0 Å². The molecule has 27 heavy (non-hydrogen) atoms. The zero-order valence-electron chi connectivity index (χ0n) is 15.8. The monoisotopic (exact) mass is 372 g/mol. The second-order valence-electron chi connectivity index (χ2n) is 6.80. The summed E-state index contributed by atoms with van der Waals surface area (Å²) in [5.41, 5.74) is 0.833. The number of aromatic nitrogens is 3. The highest BCUT2D eigenvalue weighted by Crippen LogP contribution is 2.17. The predicted molar refractivity (Wildman–Crippen MR) is 107 cm³/mol. The van der Waals surface area contributed by atoms with Crippen LogP contribution in [-0.4, -0.2) is 57.8 Å². The summed E-state index contributed by atoms with van der Waals surface area (Å²) in [5, 5.41) is 2.74. The number of amides is 2. The number of carbonyl (C=O) groups excluding carboxylic acids is 2. The Morgan fingerprint density at radius 1 is 1.15 bits per heavy atom. The molecular formula is C19H28N6O2. The molecule has 3 rings (SSSR count). The van der Waals surface area contributed by atoms with Crippen LogP contribution in [0.3, 0.4) is 0 Å². The van der Waals surface area contributed by atoms with E-state index in [1.54, 1.807) is 37.5 Å². The van der Waals surface area contributed by atoms with Gasteiger partial charge in [-0.05, 0) is 19.1 Å². The summed E-state index contributed by atoms with van der Waals surface area (Å²) >= 11 is 0. The molecule has 1 aliphatic heterocycles. The minimum Gasteiger partial charge on any atom is -0.352 e. The first-order valence-electron chi connectivity index (χ1n) is 9.05. The molecule has 1 aliphatic rings. The van der Waals surface area contributed by atoms with Crippen LogP contribution in [0.4, 0.5) is 11.6 Å². The lowest BCUT2D eigenvalue weighted by atomic mass is 10.1. The van der Waals surface area contributed by atoms with E-state index in [2.05, 4.69) is 20.3 Å². The number of hydrogen-bond donors (Lipinski definition) is 1. The SMILES string of the molecule is Cc1ncc(N2CCN(C(=O)C(C)C)CC2)nc1C(=O)Nc1ccccn1.[HH].[HH]. The third kappa shape index (κ3) is 4.39. The fourth-order valence-corrected chi connectivity index (χ4v) is 2.94. The third-order valence-electron chi connectivity index (χ3n) is 4.47. The highest BCUT2D eigenvalue weighted by atomic mass is 16.2. The Hall–Kier alpha value is -3.03. The molecule has 1 N–H and O–H groups in total. The van der Waals surface area contributed by atoms with Crippen molar-refractivity contribution in [2.75, 3.05) is 36.4 Å². The molecule has 0 aromatic carbocycles. The van der Waals surface area contributed by atoms with Crippen molar-refractivity contribution in [3.63, 3.8) is 0 Å². The number of nitrogens with one attached hydrogen (secondary N) is 1. The molecule has 1 fully saturated rings. The summed E-state index contributed by atoms with van der Waals surface area (Å²) in [6.07, 6.45) is 3.29. The number of aryl methyl sites for hydroxylation is 1. The Morgan fingerprint density at radius 2 is 1.89 bits per heavy atom. The highest BCUT2D eigenvalue weighted by Gasteiger charge is 2.24. The van der Waals surface area contributed by atoms with E-state index in [0.29, 0.717) is 43.5 Å². The van der Waals surface area contributed by atoms with Gasteiger partial charge in [-0.3, -0.25) is 14.6 Å². The van der Waals surface area contributed by atoms with Crippen molar-refractivity contribution < 1.29 is 12.4 Å². The summed E-state index contributed by atoms with van der Waals surface area (Å²) in [5.74, 6) is 0.935. The first-order chi connectivity index (χ1) is 13.0. The van der Waals surface area contributed by atoms with Crippen molar-refractivity contribution in [3.05, 3.63) is 42.0 Å². The quantitative estimate of drug-likeness (QED) is 0.885. The predicted octanol–water partition coefficient (Wildman–Crippen LogP) is 2.23. The molecule has 0 radical (unpaired) electrons. The molecule has 2 aromatic rings. The molecule has 2 aromatic heterocycles. The number of rotatable bonds is 4. The number of nitrogens with zero attached hydrogens (tertiary/aromatic N) is 5. The molecule has 8 nitrogen and oxygen atoms in total. The van der Waals surface area contributed by atoms with Gasteiger partial charge in [0.25, 0.3) is 5.91 Å². The summed E-state index contributed by atoms with van der Waals surface area (Å²) in [6.45, 7) is 8.18. The van der Waals surface area contributed by atoms with Crippen molar-refractivity contribution in [3.8, 4) is 0 Å². The van der Waals surface area contributed by atoms with Crippen LogP contribution in [0, 0.1) is 12.8 Å². The molecule has 146 valence electrons. The van der Waals surface area contributed by atoms with Crippen molar-refractivity contribution in [2.45, 2.75) is 20.8 Å². The molecule has 0 saturated carbocycles. The van der Waals surface area contributed by atoms with Gasteiger partial charge in [0.15, 0.2) is 5.69 Å². The van der Waals surface area contributed by atoms with Crippen LogP contribution in [0.1, 0.15) is 32.9 Å². The lowest BCUT2D eigenvalue weighted by Gasteiger charge is -2.36. The first-order valence-corrected chi connectivity index (χ1v) is 9.05. The van der Waals surface area contributed by atoms with E-state index in [9.17, 15) is 9.59 Å². The zero-order chi connectivity index (χ0) is 19.4. The number of piperazine rings is 1. The standard InChI is InChI=1S/C19H24N6O2.2H2/c1-13(2)19(27)25-10-8-24(9-11-25)16-12-21-14(3)17(23-16)18(26)22-15-6-4-5-7-20-15;;/h4-7,12-13H,8-11H2,1-3H3,(H,20,22,26);2*1H. The molecule has 8 heteroatoms. The maximum atomic E-state index is 12.6. The van der Waals surface area contributed by atoms with Crippen LogP contribution in [-0.2, 0) is 4.79 Å². The van der Waals surface area contributed by atoms with Gasteiger partial charge in [0.05, 0.1) is 11.9 Å². The van der Waals surface area contributed by atoms with Crippen molar-refractivity contribution >= 4 is 23.5 Å². The van der Waals surface area contributed by atoms with Gasteiger partial charge in [0.2, 0.25) is 5.91 Å². The first kappa shape index (κ1) is 18.8. The van der Waals surface area contributed by atoms with Crippen molar-refractivity contribution in [2.24, 2.45) is 5.92 Å².